The zero-order valence-corrected chi connectivity index (χ0v) is 74.7. The van der Waals surface area contributed by atoms with E-state index in [4.69, 9.17) is 34.9 Å². The van der Waals surface area contributed by atoms with Gasteiger partial charge < -0.3 is 0 Å². The number of pyridine rings is 2. The normalized spacial score (nSPS) is 11.3. The number of hydrogen-bond acceptors (Lipinski definition) is 11. The summed E-state index contributed by atoms with van der Waals surface area (Å²) in [4.78, 5) is 52.0. The number of fused-ring (bicyclic) bond motifs is 18. The molecule has 0 aliphatic carbocycles. The van der Waals surface area contributed by atoms with Crippen molar-refractivity contribution < 1.29 is 0 Å². The van der Waals surface area contributed by atoms with Crippen LogP contribution in [0.2, 0.25) is 0 Å². The maximum absolute atomic E-state index is 5.03. The SMILES string of the molecule is c1cc(-c2ccc3c4ccccc4c4ccccc4c3c2)cc(-c2ccccc2-c2nc(-c3ccncc3)nc(-c3ccncc3)n2)c1.c1ccc(-c2nc(-c3ccccc3)nc(-c3ccccc3-c3cccc(-c4ccc5c6ccccc6c6ccccc6c5c4)c3)n2)cc1.c1ccc(-c2ncnc(-c3ccccc3-c3cccc(-c4ccc5c6ccccc6c6ccccc6c5c4)c3)n2)cc1. The summed E-state index contributed by atoms with van der Waals surface area (Å²) in [6, 6.07) is 162. The molecule has 5 heterocycles. The fourth-order valence-electron chi connectivity index (χ4n) is 19.5. The quantitative estimate of drug-likeness (QED) is 0.0960. The van der Waals surface area contributed by atoms with E-state index in [1.165, 1.54) is 119 Å². The highest BCUT2D eigenvalue weighted by Crippen LogP contribution is 2.45. The van der Waals surface area contributed by atoms with E-state index in [2.05, 4.69) is 354 Å². The maximum atomic E-state index is 5.03. The van der Waals surface area contributed by atoms with E-state index < -0.39 is 0 Å². The summed E-state index contributed by atoms with van der Waals surface area (Å²) >= 11 is 0. The highest BCUT2D eigenvalue weighted by molar-refractivity contribution is 6.28. The molecule has 0 fully saturated rings. The molecule has 0 saturated heterocycles. The van der Waals surface area contributed by atoms with Gasteiger partial charge in [0.2, 0.25) is 0 Å². The lowest BCUT2D eigenvalue weighted by Crippen LogP contribution is -2.01. The minimum Gasteiger partial charge on any atom is -0.265 e. The van der Waals surface area contributed by atoms with Crippen LogP contribution in [-0.2, 0) is 0 Å². The molecule has 0 amide bonds. The van der Waals surface area contributed by atoms with E-state index in [0.29, 0.717) is 46.6 Å². The molecule has 26 rings (SSSR count). The molecule has 0 aliphatic rings. The van der Waals surface area contributed by atoms with Crippen molar-refractivity contribution in [2.24, 2.45) is 0 Å². The molecule has 138 heavy (non-hydrogen) atoms. The monoisotopic (exact) mass is 1760 g/mol. The van der Waals surface area contributed by atoms with Gasteiger partial charge in [-0.15, -0.1) is 0 Å². The molecule has 0 unspecified atom stereocenters. The topological polar surface area (TPSA) is 142 Å². The zero-order chi connectivity index (χ0) is 91.6. The fourth-order valence-corrected chi connectivity index (χ4v) is 19.5. The van der Waals surface area contributed by atoms with Crippen LogP contribution < -0.4 is 0 Å². The Morgan fingerprint density at radius 3 is 0.601 bits per heavy atom. The Kier molecular flexibility index (Phi) is 21.8. The second-order valence-electron chi connectivity index (χ2n) is 34.2. The van der Waals surface area contributed by atoms with Gasteiger partial charge in [0, 0.05) is 69.3 Å². The number of aromatic nitrogens is 11. The first-order chi connectivity index (χ1) is 68.4. The minimum absolute atomic E-state index is 0.591. The van der Waals surface area contributed by atoms with E-state index in [1.54, 1.807) is 31.1 Å². The smallest absolute Gasteiger partial charge is 0.164 e. The summed E-state index contributed by atoms with van der Waals surface area (Å²) in [6.07, 6.45) is 8.61. The highest BCUT2D eigenvalue weighted by Gasteiger charge is 2.23. The van der Waals surface area contributed by atoms with Gasteiger partial charge in [-0.05, 0) is 224 Å². The number of hydrogen-bond donors (Lipinski definition) is 0. The molecule has 21 aromatic carbocycles. The third-order valence-corrected chi connectivity index (χ3v) is 26.1. The van der Waals surface area contributed by atoms with E-state index in [1.807, 2.05) is 127 Å². The molecule has 0 radical (unpaired) electrons. The van der Waals surface area contributed by atoms with Gasteiger partial charge >= 0.3 is 0 Å². The molecular weight excluding hydrogens is 1680 g/mol. The van der Waals surface area contributed by atoms with Crippen LogP contribution in [0.15, 0.2) is 492 Å². The van der Waals surface area contributed by atoms with E-state index in [9.17, 15) is 0 Å². The molecule has 5 aromatic heterocycles. The first-order valence-corrected chi connectivity index (χ1v) is 46.2. The Hall–Kier alpha value is -18.7. The number of benzene rings is 21. The second-order valence-corrected chi connectivity index (χ2v) is 34.2. The molecule has 11 heteroatoms. The van der Waals surface area contributed by atoms with E-state index in [-0.39, 0.29) is 0 Å². The van der Waals surface area contributed by atoms with Gasteiger partial charge in [-0.3, -0.25) is 9.97 Å². The largest absolute Gasteiger partial charge is 0.265 e. The number of nitrogens with zero attached hydrogens (tertiary/aromatic N) is 11. The van der Waals surface area contributed by atoms with Gasteiger partial charge in [0.25, 0.3) is 0 Å². The molecule has 0 saturated carbocycles. The van der Waals surface area contributed by atoms with Crippen LogP contribution in [-0.4, -0.2) is 54.8 Å². The van der Waals surface area contributed by atoms with Gasteiger partial charge in [-0.25, -0.2) is 44.9 Å². The van der Waals surface area contributed by atoms with Crippen molar-refractivity contribution >= 4 is 97.0 Å². The van der Waals surface area contributed by atoms with Crippen molar-refractivity contribution in [3.8, 4) is 158 Å². The van der Waals surface area contributed by atoms with Crippen LogP contribution in [0.1, 0.15) is 0 Å². The molecule has 0 N–H and O–H groups in total. The van der Waals surface area contributed by atoms with Crippen molar-refractivity contribution in [3.05, 3.63) is 492 Å². The zero-order valence-electron chi connectivity index (χ0n) is 74.7. The molecular formula is C127H81N11. The third kappa shape index (κ3) is 16.0. The summed E-state index contributed by atoms with van der Waals surface area (Å²) in [7, 11) is 0. The molecule has 0 bridgehead atoms. The van der Waals surface area contributed by atoms with Crippen LogP contribution in [0.4, 0.5) is 0 Å². The lowest BCUT2D eigenvalue weighted by Gasteiger charge is -2.14. The minimum atomic E-state index is 0.591. The van der Waals surface area contributed by atoms with Crippen molar-refractivity contribution in [1.82, 2.24) is 54.8 Å². The highest BCUT2D eigenvalue weighted by atomic mass is 15.0. The van der Waals surface area contributed by atoms with Crippen molar-refractivity contribution in [1.29, 1.82) is 0 Å². The van der Waals surface area contributed by atoms with Gasteiger partial charge in [0.15, 0.2) is 46.6 Å². The first-order valence-electron chi connectivity index (χ1n) is 46.2. The predicted octanol–water partition coefficient (Wildman–Crippen LogP) is 32.1. The fraction of sp³-hybridized carbons (Fsp3) is 0. The summed E-state index contributed by atoms with van der Waals surface area (Å²) in [5, 5.41) is 22.9. The van der Waals surface area contributed by atoms with Crippen molar-refractivity contribution in [3.63, 3.8) is 0 Å². The molecule has 11 nitrogen and oxygen atoms in total. The molecule has 0 aliphatic heterocycles. The predicted molar refractivity (Wildman–Crippen MR) is 569 cm³/mol. The van der Waals surface area contributed by atoms with Crippen LogP contribution >= 0.6 is 0 Å². The Balaban J connectivity index is 0.000000113. The second kappa shape index (κ2) is 36.5. The molecule has 26 aromatic rings. The van der Waals surface area contributed by atoms with Crippen molar-refractivity contribution in [2.45, 2.75) is 0 Å². The van der Waals surface area contributed by atoms with Gasteiger partial charge in [0.1, 0.15) is 6.33 Å². The Bertz CT molecular complexity index is 8570. The standard InChI is InChI=1S/C45H29N3.C43H27N5.C39H25N3/c1-3-14-30(15-4-1)43-46-44(31-16-5-2-6-17-31)48-45(47-43)41-25-12-7-20-35(41)34-19-13-18-32(28-34)33-26-27-40-38-23-9-8-21-36(38)37-22-10-11-24-39(37)42(40)29-33;1-6-15-39(43-47-41(28-18-22-44-23-19-28)46-42(48-43)29-20-24-45-25-21-29)33(10-1)32-9-7-8-30(26-32)31-16-17-38-36-13-3-2-11-34(36)35-12-4-5-14-37(35)40(38)27-31;1-2-11-26(12-3-1)38-40-25-41-39(42-38)36-20-9-4-15-30(36)29-14-10-13-27(23-29)28-21-22-35-33-18-6-5-16-31(33)32-17-7-8-19-34(32)37(35)24-28/h1-29H;1-27H;1-25H. The van der Waals surface area contributed by atoms with Crippen LogP contribution in [0.3, 0.4) is 0 Å². The molecule has 0 spiro atoms. The lowest BCUT2D eigenvalue weighted by molar-refractivity contribution is 1.07. The molecule has 644 valence electrons. The lowest BCUT2D eigenvalue weighted by atomic mass is 9.91. The summed E-state index contributed by atoms with van der Waals surface area (Å²) in [5.74, 6) is 5.07. The van der Waals surface area contributed by atoms with Crippen LogP contribution in [0.25, 0.3) is 255 Å². The Morgan fingerprint density at radius 1 is 0.109 bits per heavy atom. The summed E-state index contributed by atoms with van der Waals surface area (Å²) in [5.41, 5.74) is 21.0. The summed E-state index contributed by atoms with van der Waals surface area (Å²) in [6.45, 7) is 0. The van der Waals surface area contributed by atoms with Crippen LogP contribution in [0.5, 0.6) is 0 Å². The van der Waals surface area contributed by atoms with Gasteiger partial charge in [-0.2, -0.15) is 0 Å². The van der Waals surface area contributed by atoms with Gasteiger partial charge in [-0.1, -0.05) is 400 Å². The third-order valence-electron chi connectivity index (χ3n) is 26.1. The first kappa shape index (κ1) is 82.4. The average molecular weight is 1760 g/mol. The van der Waals surface area contributed by atoms with Crippen molar-refractivity contribution in [2.75, 3.05) is 0 Å². The summed E-state index contributed by atoms with van der Waals surface area (Å²) < 4.78 is 0. The molecule has 0 atom stereocenters. The number of rotatable bonds is 14. The Labute approximate surface area is 796 Å². The average Bonchev–Trinajstić information content (AvgIpc) is 0.746. The maximum Gasteiger partial charge on any atom is 0.164 e. The van der Waals surface area contributed by atoms with Gasteiger partial charge in [0.05, 0.1) is 0 Å². The Morgan fingerprint density at radius 2 is 0.304 bits per heavy atom. The van der Waals surface area contributed by atoms with E-state index >= 15 is 0 Å². The van der Waals surface area contributed by atoms with E-state index in [0.717, 1.165) is 89.0 Å². The van der Waals surface area contributed by atoms with Crippen LogP contribution in [0, 0.1) is 0 Å².